The molecule has 0 aromatic rings. The molecule has 2 fully saturated rings. The maximum Gasteiger partial charge on any atom is 0.410 e. The topological polar surface area (TPSA) is 46.6 Å². The van der Waals surface area contributed by atoms with Gasteiger partial charge < -0.3 is 9.64 Å². The fourth-order valence-corrected chi connectivity index (χ4v) is 3.35. The van der Waals surface area contributed by atoms with Crippen molar-refractivity contribution in [2.75, 3.05) is 6.54 Å². The lowest BCUT2D eigenvalue weighted by molar-refractivity contribution is -0.122. The number of carbonyl (C=O) groups is 2. The molecule has 0 unspecified atom stereocenters. The van der Waals surface area contributed by atoms with E-state index in [9.17, 15) is 9.59 Å². The maximum atomic E-state index is 12.4. The highest BCUT2D eigenvalue weighted by Gasteiger charge is 2.39. The Balaban J connectivity index is 2.12. The number of nitrogens with zero attached hydrogens (tertiary/aromatic N) is 1. The van der Waals surface area contributed by atoms with Crippen LogP contribution in [0.5, 0.6) is 0 Å². The summed E-state index contributed by atoms with van der Waals surface area (Å²) in [5.74, 6) is 0.381. The highest BCUT2D eigenvalue weighted by atomic mass is 16.6. The van der Waals surface area contributed by atoms with Crippen LogP contribution in [0, 0.1) is 5.92 Å². The first-order valence-corrected chi connectivity index (χ1v) is 7.91. The number of ketones is 1. The van der Waals surface area contributed by atoms with Crippen molar-refractivity contribution < 1.29 is 14.3 Å². The molecule has 2 atom stereocenters. The van der Waals surface area contributed by atoms with Crippen LogP contribution in [0.2, 0.25) is 0 Å². The molecule has 1 heterocycles. The number of rotatable bonds is 1. The average molecular weight is 281 g/mol. The molecule has 1 saturated carbocycles. The van der Waals surface area contributed by atoms with E-state index in [1.807, 2.05) is 25.7 Å². The lowest BCUT2D eigenvalue weighted by atomic mass is 9.92. The van der Waals surface area contributed by atoms with Gasteiger partial charge in [-0.2, -0.15) is 0 Å². The zero-order valence-electron chi connectivity index (χ0n) is 13.0. The molecule has 1 aliphatic carbocycles. The molecule has 0 radical (unpaired) electrons. The van der Waals surface area contributed by atoms with Crippen molar-refractivity contribution in [1.29, 1.82) is 0 Å². The van der Waals surface area contributed by atoms with Gasteiger partial charge in [-0.1, -0.05) is 12.8 Å². The van der Waals surface area contributed by atoms with Crippen LogP contribution in [0.3, 0.4) is 0 Å². The Morgan fingerprint density at radius 1 is 1.15 bits per heavy atom. The van der Waals surface area contributed by atoms with Gasteiger partial charge in [-0.25, -0.2) is 4.79 Å². The fraction of sp³-hybridized carbons (Fsp3) is 0.875. The van der Waals surface area contributed by atoms with Crippen molar-refractivity contribution in [3.8, 4) is 0 Å². The summed E-state index contributed by atoms with van der Waals surface area (Å²) in [6.45, 7) is 6.39. The van der Waals surface area contributed by atoms with Crippen molar-refractivity contribution >= 4 is 11.9 Å². The number of hydrogen-bond acceptors (Lipinski definition) is 3. The number of carbonyl (C=O) groups excluding carboxylic acids is 2. The van der Waals surface area contributed by atoms with Crippen LogP contribution in [-0.2, 0) is 9.53 Å². The van der Waals surface area contributed by atoms with E-state index in [1.165, 1.54) is 0 Å². The van der Waals surface area contributed by atoms with Gasteiger partial charge in [0.15, 0.2) is 0 Å². The lowest BCUT2D eigenvalue weighted by Crippen LogP contribution is -2.47. The van der Waals surface area contributed by atoms with E-state index < -0.39 is 5.60 Å². The molecule has 4 nitrogen and oxygen atoms in total. The molecule has 4 heteroatoms. The van der Waals surface area contributed by atoms with E-state index in [-0.39, 0.29) is 18.1 Å². The minimum atomic E-state index is -0.479. The quantitative estimate of drug-likeness (QED) is 0.738. The smallest absolute Gasteiger partial charge is 0.410 e. The van der Waals surface area contributed by atoms with E-state index >= 15 is 0 Å². The summed E-state index contributed by atoms with van der Waals surface area (Å²) in [6, 6.07) is 0.0577. The number of amides is 1. The zero-order chi connectivity index (χ0) is 14.8. The Morgan fingerprint density at radius 3 is 2.50 bits per heavy atom. The molecule has 1 amide bonds. The maximum absolute atomic E-state index is 12.4. The van der Waals surface area contributed by atoms with Crippen molar-refractivity contribution in [3.05, 3.63) is 0 Å². The van der Waals surface area contributed by atoms with Gasteiger partial charge in [-0.3, -0.25) is 4.79 Å². The monoisotopic (exact) mass is 281 g/mol. The molecule has 1 aliphatic heterocycles. The van der Waals surface area contributed by atoms with Gasteiger partial charge in [-0.15, -0.1) is 0 Å². The Morgan fingerprint density at radius 2 is 1.90 bits per heavy atom. The summed E-state index contributed by atoms with van der Waals surface area (Å²) < 4.78 is 5.53. The molecule has 2 rings (SSSR count). The fourth-order valence-electron chi connectivity index (χ4n) is 3.35. The second-order valence-corrected chi connectivity index (χ2v) is 7.06. The van der Waals surface area contributed by atoms with Crippen LogP contribution in [0.15, 0.2) is 0 Å². The number of ether oxygens (including phenoxy) is 1. The van der Waals surface area contributed by atoms with Crippen LogP contribution in [0.4, 0.5) is 4.79 Å². The van der Waals surface area contributed by atoms with E-state index in [4.69, 9.17) is 4.74 Å². The predicted octanol–water partition coefficient (Wildman–Crippen LogP) is 3.54. The van der Waals surface area contributed by atoms with Gasteiger partial charge in [0, 0.05) is 24.9 Å². The van der Waals surface area contributed by atoms with E-state index in [0.29, 0.717) is 12.2 Å². The van der Waals surface area contributed by atoms with Crippen LogP contribution in [0.25, 0.3) is 0 Å². The molecule has 0 bridgehead atoms. The summed E-state index contributed by atoms with van der Waals surface area (Å²) in [5, 5.41) is 0. The second-order valence-electron chi connectivity index (χ2n) is 7.06. The molecule has 2 aliphatic rings. The molecule has 1 saturated heterocycles. The molecule has 0 aromatic heterocycles. The molecule has 0 N–H and O–H groups in total. The van der Waals surface area contributed by atoms with Gasteiger partial charge in [0.05, 0.1) is 0 Å². The molecule has 20 heavy (non-hydrogen) atoms. The largest absolute Gasteiger partial charge is 0.444 e. The number of likely N-dealkylation sites (tertiary alicyclic amines) is 1. The van der Waals surface area contributed by atoms with Crippen LogP contribution >= 0.6 is 0 Å². The highest BCUT2D eigenvalue weighted by molar-refractivity contribution is 5.84. The molecule has 0 spiro atoms. The lowest BCUT2D eigenvalue weighted by Gasteiger charge is -2.35. The zero-order valence-corrected chi connectivity index (χ0v) is 13.0. The van der Waals surface area contributed by atoms with Gasteiger partial charge in [0.2, 0.25) is 0 Å². The highest BCUT2D eigenvalue weighted by Crippen LogP contribution is 2.32. The van der Waals surface area contributed by atoms with Gasteiger partial charge in [0.25, 0.3) is 0 Å². The molecular weight excluding hydrogens is 254 g/mol. The predicted molar refractivity (Wildman–Crippen MR) is 77.5 cm³/mol. The van der Waals surface area contributed by atoms with Crippen molar-refractivity contribution in [1.82, 2.24) is 4.90 Å². The molecule has 114 valence electrons. The van der Waals surface area contributed by atoms with Crippen molar-refractivity contribution in [2.45, 2.75) is 77.4 Å². The number of hydrogen-bond donors (Lipinski definition) is 0. The summed E-state index contributed by atoms with van der Waals surface area (Å²) >= 11 is 0. The third kappa shape index (κ3) is 3.74. The summed E-state index contributed by atoms with van der Waals surface area (Å²) in [4.78, 5) is 26.3. The van der Waals surface area contributed by atoms with Gasteiger partial charge in [0.1, 0.15) is 11.4 Å². The summed E-state index contributed by atoms with van der Waals surface area (Å²) in [7, 11) is 0. The first kappa shape index (κ1) is 15.3. The normalized spacial score (nSPS) is 28.4. The minimum absolute atomic E-state index is 0.0422. The minimum Gasteiger partial charge on any atom is -0.444 e. The second kappa shape index (κ2) is 6.15. The van der Waals surface area contributed by atoms with Gasteiger partial charge in [-0.05, 0) is 46.5 Å². The Kier molecular flexibility index (Phi) is 4.71. The Bertz CT molecular complexity index is 372. The third-order valence-electron chi connectivity index (χ3n) is 4.24. The van der Waals surface area contributed by atoms with Crippen molar-refractivity contribution in [3.63, 3.8) is 0 Å². The van der Waals surface area contributed by atoms with Crippen LogP contribution < -0.4 is 0 Å². The summed E-state index contributed by atoms with van der Waals surface area (Å²) in [5.41, 5.74) is -0.479. The molecular formula is C16H27NO3. The summed E-state index contributed by atoms with van der Waals surface area (Å²) in [6.07, 6.45) is 6.54. The van der Waals surface area contributed by atoms with Crippen LogP contribution in [-0.4, -0.2) is 35.0 Å². The van der Waals surface area contributed by atoms with E-state index in [2.05, 4.69) is 0 Å². The molecule has 0 aromatic carbocycles. The SMILES string of the molecule is CC(C)(C)OC(=O)N1CCCCC[C@H]1[C@H]1CCCC1=O. The van der Waals surface area contributed by atoms with E-state index in [1.54, 1.807) is 0 Å². The van der Waals surface area contributed by atoms with Crippen LogP contribution in [0.1, 0.15) is 65.7 Å². The Labute approximate surface area is 121 Å². The first-order chi connectivity index (χ1) is 9.38. The standard InChI is InChI=1S/C16H27NO3/c1-16(2,3)20-15(19)17-11-6-4-5-9-13(17)12-8-7-10-14(12)18/h12-13H,4-11H2,1-3H3/t12-,13+/m1/s1. The Hall–Kier alpha value is -1.06. The van der Waals surface area contributed by atoms with Gasteiger partial charge >= 0.3 is 6.09 Å². The number of Topliss-reactive ketones (excluding diaryl/α,β-unsaturated/α-hetero) is 1. The third-order valence-corrected chi connectivity index (χ3v) is 4.24. The first-order valence-electron chi connectivity index (χ1n) is 7.91. The van der Waals surface area contributed by atoms with E-state index in [0.717, 1.165) is 45.1 Å². The van der Waals surface area contributed by atoms with Crippen molar-refractivity contribution in [2.24, 2.45) is 5.92 Å². The average Bonchev–Trinajstić information content (AvgIpc) is 2.62.